The number of unbranched alkanes of at least 4 members (excludes halogenated alkanes) is 1. The zero-order chi connectivity index (χ0) is 11.9. The van der Waals surface area contributed by atoms with Crippen LogP contribution in [-0.2, 0) is 4.43 Å². The minimum absolute atomic E-state index is 0.159. The van der Waals surface area contributed by atoms with Crippen LogP contribution in [0.25, 0.3) is 0 Å². The van der Waals surface area contributed by atoms with Crippen molar-refractivity contribution >= 4 is 24.2 Å². The maximum absolute atomic E-state index is 6.39. The van der Waals surface area contributed by atoms with E-state index in [9.17, 15) is 0 Å². The summed E-state index contributed by atoms with van der Waals surface area (Å²) in [7, 11) is -1.41. The Morgan fingerprint density at radius 2 is 1.60 bits per heavy atom. The summed E-state index contributed by atoms with van der Waals surface area (Å²) in [5, 5.41) is 1.11. The largest absolute Gasteiger partial charge is 0.412 e. The molecule has 0 aliphatic rings. The van der Waals surface area contributed by atoms with Crippen LogP contribution in [0.4, 0.5) is 0 Å². The quantitative estimate of drug-likeness (QED) is 0.349. The van der Waals surface area contributed by atoms with Crippen molar-refractivity contribution in [1.29, 1.82) is 0 Å². The molecule has 0 fully saturated rings. The Morgan fingerprint density at radius 1 is 1.07 bits per heavy atom. The van der Waals surface area contributed by atoms with Gasteiger partial charge in [-0.05, 0) is 51.7 Å². The van der Waals surface area contributed by atoms with Gasteiger partial charge in [-0.2, -0.15) is 0 Å². The van der Waals surface area contributed by atoms with Crippen molar-refractivity contribution in [3.8, 4) is 0 Å². The predicted molar refractivity (Wildman–Crippen MR) is 75.4 cm³/mol. The Bertz CT molecular complexity index is 161. The van der Waals surface area contributed by atoms with E-state index in [1.807, 2.05) is 0 Å². The van der Waals surface area contributed by atoms with Crippen LogP contribution in [0.15, 0.2) is 0 Å². The SMILES string of the molecule is CCC(CC)(CCCCBr)O[Si](C)(C)C. The maximum Gasteiger partial charge on any atom is 0.184 e. The lowest BCUT2D eigenvalue weighted by atomic mass is 9.91. The van der Waals surface area contributed by atoms with E-state index in [0.29, 0.717) is 0 Å². The summed E-state index contributed by atoms with van der Waals surface area (Å²) in [4.78, 5) is 0. The van der Waals surface area contributed by atoms with Crippen LogP contribution in [-0.4, -0.2) is 19.2 Å². The highest BCUT2D eigenvalue weighted by molar-refractivity contribution is 9.09. The van der Waals surface area contributed by atoms with Gasteiger partial charge < -0.3 is 4.43 Å². The summed E-state index contributed by atoms with van der Waals surface area (Å²) in [6, 6.07) is 0. The van der Waals surface area contributed by atoms with Crippen molar-refractivity contribution in [2.75, 3.05) is 5.33 Å². The van der Waals surface area contributed by atoms with Gasteiger partial charge in [-0.15, -0.1) is 0 Å². The summed E-state index contributed by atoms with van der Waals surface area (Å²) in [6.45, 7) is 11.4. The molecule has 0 radical (unpaired) electrons. The molecule has 0 amide bonds. The average molecular weight is 295 g/mol. The smallest absolute Gasteiger partial charge is 0.184 e. The molecule has 0 N–H and O–H groups in total. The number of hydrogen-bond donors (Lipinski definition) is 0. The van der Waals surface area contributed by atoms with Gasteiger partial charge in [0.25, 0.3) is 0 Å². The van der Waals surface area contributed by atoms with E-state index >= 15 is 0 Å². The molecular formula is C12H27BrOSi. The molecule has 0 aromatic carbocycles. The first kappa shape index (κ1) is 15.7. The molecule has 92 valence electrons. The number of hydrogen-bond acceptors (Lipinski definition) is 1. The van der Waals surface area contributed by atoms with E-state index in [4.69, 9.17) is 4.43 Å². The molecule has 0 saturated carbocycles. The van der Waals surface area contributed by atoms with Crippen molar-refractivity contribution < 1.29 is 4.43 Å². The van der Waals surface area contributed by atoms with E-state index in [0.717, 1.165) is 18.2 Å². The summed E-state index contributed by atoms with van der Waals surface area (Å²) >= 11 is 3.49. The topological polar surface area (TPSA) is 9.23 Å². The van der Waals surface area contributed by atoms with E-state index in [1.54, 1.807) is 0 Å². The summed E-state index contributed by atoms with van der Waals surface area (Å²) in [5.41, 5.74) is 0.159. The van der Waals surface area contributed by atoms with Gasteiger partial charge >= 0.3 is 0 Å². The molecule has 0 aliphatic carbocycles. The molecule has 0 spiro atoms. The Morgan fingerprint density at radius 3 is 1.93 bits per heavy atom. The first-order valence-electron chi connectivity index (χ1n) is 6.15. The minimum atomic E-state index is -1.41. The van der Waals surface area contributed by atoms with Gasteiger partial charge in [-0.3, -0.25) is 0 Å². The number of halogens is 1. The fourth-order valence-corrected chi connectivity index (χ4v) is 4.08. The molecule has 15 heavy (non-hydrogen) atoms. The predicted octanol–water partition coefficient (Wildman–Crippen LogP) is 4.96. The lowest BCUT2D eigenvalue weighted by molar-refractivity contribution is 0.0410. The van der Waals surface area contributed by atoms with Gasteiger partial charge in [0.05, 0.1) is 5.60 Å². The first-order chi connectivity index (χ1) is 6.89. The molecule has 0 heterocycles. The second-order valence-electron chi connectivity index (χ2n) is 5.25. The molecule has 0 atom stereocenters. The monoisotopic (exact) mass is 294 g/mol. The highest BCUT2D eigenvalue weighted by Gasteiger charge is 2.32. The molecule has 0 saturated heterocycles. The van der Waals surface area contributed by atoms with E-state index in [-0.39, 0.29) is 5.60 Å². The van der Waals surface area contributed by atoms with Crippen molar-refractivity contribution in [2.45, 2.75) is 71.2 Å². The van der Waals surface area contributed by atoms with Crippen LogP contribution in [0.5, 0.6) is 0 Å². The fraction of sp³-hybridized carbons (Fsp3) is 1.00. The first-order valence-corrected chi connectivity index (χ1v) is 10.7. The molecule has 0 aromatic heterocycles. The van der Waals surface area contributed by atoms with Gasteiger partial charge in [-0.25, -0.2) is 0 Å². The van der Waals surface area contributed by atoms with Gasteiger partial charge in [0.1, 0.15) is 0 Å². The molecular weight excluding hydrogens is 268 g/mol. The van der Waals surface area contributed by atoms with Crippen LogP contribution < -0.4 is 0 Å². The van der Waals surface area contributed by atoms with Crippen molar-refractivity contribution in [1.82, 2.24) is 0 Å². The Labute approximate surface area is 105 Å². The van der Waals surface area contributed by atoms with Crippen molar-refractivity contribution in [2.24, 2.45) is 0 Å². The third-order valence-corrected chi connectivity index (χ3v) is 4.43. The highest BCUT2D eigenvalue weighted by Crippen LogP contribution is 2.30. The van der Waals surface area contributed by atoms with Crippen molar-refractivity contribution in [3.05, 3.63) is 0 Å². The molecule has 0 rings (SSSR count). The maximum atomic E-state index is 6.39. The zero-order valence-electron chi connectivity index (χ0n) is 11.0. The second kappa shape index (κ2) is 7.07. The normalized spacial score (nSPS) is 13.2. The van der Waals surface area contributed by atoms with Crippen LogP contribution >= 0.6 is 15.9 Å². The molecule has 1 nitrogen and oxygen atoms in total. The second-order valence-corrected chi connectivity index (χ2v) is 10.5. The summed E-state index contributed by atoms with van der Waals surface area (Å²) in [5.74, 6) is 0. The summed E-state index contributed by atoms with van der Waals surface area (Å²) < 4.78 is 6.39. The van der Waals surface area contributed by atoms with E-state index < -0.39 is 8.32 Å². The standard InChI is InChI=1S/C12H27BrOSi/c1-6-12(7-2,10-8-9-11-13)14-15(3,4)5/h6-11H2,1-5H3. The van der Waals surface area contributed by atoms with Crippen LogP contribution in [0.2, 0.25) is 19.6 Å². The Kier molecular flexibility index (Phi) is 7.38. The molecule has 0 aromatic rings. The van der Waals surface area contributed by atoms with Crippen LogP contribution in [0.3, 0.4) is 0 Å². The minimum Gasteiger partial charge on any atom is -0.412 e. The molecule has 3 heteroatoms. The third-order valence-electron chi connectivity index (χ3n) is 2.83. The third kappa shape index (κ3) is 6.75. The fourth-order valence-electron chi connectivity index (χ4n) is 1.99. The van der Waals surface area contributed by atoms with Crippen molar-refractivity contribution in [3.63, 3.8) is 0 Å². The lowest BCUT2D eigenvalue weighted by Gasteiger charge is -2.38. The highest BCUT2D eigenvalue weighted by atomic mass is 79.9. The molecule has 0 aliphatic heterocycles. The average Bonchev–Trinajstić information content (AvgIpc) is 2.15. The molecule has 0 bridgehead atoms. The summed E-state index contributed by atoms with van der Waals surface area (Å²) in [6.07, 6.45) is 6.05. The van der Waals surface area contributed by atoms with Gasteiger partial charge in [0.2, 0.25) is 0 Å². The van der Waals surface area contributed by atoms with E-state index in [1.165, 1.54) is 19.3 Å². The zero-order valence-corrected chi connectivity index (χ0v) is 13.6. The van der Waals surface area contributed by atoms with Gasteiger partial charge in [-0.1, -0.05) is 29.8 Å². The van der Waals surface area contributed by atoms with E-state index in [2.05, 4.69) is 49.4 Å². The molecule has 0 unspecified atom stereocenters. The van der Waals surface area contributed by atoms with Gasteiger partial charge in [0.15, 0.2) is 8.32 Å². The number of rotatable bonds is 8. The Balaban J connectivity index is 4.30. The van der Waals surface area contributed by atoms with Crippen LogP contribution in [0.1, 0.15) is 46.0 Å². The Hall–Kier alpha value is 0.657. The lowest BCUT2D eigenvalue weighted by Crippen LogP contribution is -2.42. The number of alkyl halides is 1. The van der Waals surface area contributed by atoms with Gasteiger partial charge in [0, 0.05) is 5.33 Å². The van der Waals surface area contributed by atoms with Crippen LogP contribution in [0, 0.1) is 0 Å².